The lowest BCUT2D eigenvalue weighted by molar-refractivity contribution is -0.109. The van der Waals surface area contributed by atoms with E-state index in [2.05, 4.69) is 15.2 Å². The van der Waals surface area contributed by atoms with Gasteiger partial charge in [0.25, 0.3) is 0 Å². The van der Waals surface area contributed by atoms with Crippen molar-refractivity contribution in [2.75, 3.05) is 47.5 Å². The Bertz CT molecular complexity index is 890. The standard InChI is InChI=1S/C20H21FN4O3S/c21-18-9-15(25-12-16(11-22-13-26)28-20(25)27)2-3-17(18)14-1-4-19(23-10-14)24-5-7-29-8-6-24/h1-4,9-10,13,16H,5-8,11-12H2,(H,22,26). The fourth-order valence-electron chi connectivity index (χ4n) is 3.45. The van der Waals surface area contributed by atoms with Gasteiger partial charge in [-0.2, -0.15) is 11.8 Å². The molecule has 0 aliphatic carbocycles. The number of thioether (sulfide) groups is 1. The molecular weight excluding hydrogens is 395 g/mol. The zero-order valence-electron chi connectivity index (χ0n) is 15.7. The number of ether oxygens (including phenoxy) is 1. The molecule has 2 amide bonds. The quantitative estimate of drug-likeness (QED) is 0.730. The molecule has 1 unspecified atom stereocenters. The molecule has 1 aromatic heterocycles. The molecule has 3 heterocycles. The monoisotopic (exact) mass is 416 g/mol. The molecular formula is C20H21FN4O3S. The topological polar surface area (TPSA) is 74.8 Å². The molecule has 1 atom stereocenters. The molecule has 152 valence electrons. The zero-order chi connectivity index (χ0) is 20.2. The number of hydrogen-bond donors (Lipinski definition) is 1. The Morgan fingerprint density at radius 3 is 2.79 bits per heavy atom. The third-order valence-corrected chi connectivity index (χ3v) is 5.90. The summed E-state index contributed by atoms with van der Waals surface area (Å²) < 4.78 is 20.0. The molecule has 2 aliphatic heterocycles. The van der Waals surface area contributed by atoms with E-state index in [1.807, 2.05) is 23.9 Å². The Balaban J connectivity index is 1.48. The molecule has 0 radical (unpaired) electrons. The van der Waals surface area contributed by atoms with Gasteiger partial charge in [0.15, 0.2) is 0 Å². The highest BCUT2D eigenvalue weighted by Crippen LogP contribution is 2.29. The number of amides is 2. The molecule has 0 bridgehead atoms. The molecule has 0 saturated carbocycles. The Morgan fingerprint density at radius 2 is 2.10 bits per heavy atom. The number of nitrogens with one attached hydrogen (secondary N) is 1. The molecule has 9 heteroatoms. The summed E-state index contributed by atoms with van der Waals surface area (Å²) in [7, 11) is 0. The summed E-state index contributed by atoms with van der Waals surface area (Å²) in [4.78, 5) is 30.5. The number of anilines is 2. The van der Waals surface area contributed by atoms with Gasteiger partial charge in [0.05, 0.1) is 18.8 Å². The van der Waals surface area contributed by atoms with Crippen molar-refractivity contribution in [1.29, 1.82) is 0 Å². The first-order valence-electron chi connectivity index (χ1n) is 9.39. The second-order valence-corrected chi connectivity index (χ2v) is 8.04. The largest absolute Gasteiger partial charge is 0.442 e. The van der Waals surface area contributed by atoms with Gasteiger partial charge in [-0.3, -0.25) is 9.69 Å². The molecule has 2 fully saturated rings. The highest BCUT2D eigenvalue weighted by atomic mass is 32.2. The maximum Gasteiger partial charge on any atom is 0.414 e. The summed E-state index contributed by atoms with van der Waals surface area (Å²) in [5, 5.41) is 2.48. The van der Waals surface area contributed by atoms with Gasteiger partial charge in [0.1, 0.15) is 17.7 Å². The first-order chi connectivity index (χ1) is 14.2. The summed E-state index contributed by atoms with van der Waals surface area (Å²) in [5.74, 6) is 2.64. The van der Waals surface area contributed by atoms with Crippen LogP contribution in [0.4, 0.5) is 20.7 Å². The van der Waals surface area contributed by atoms with Gasteiger partial charge in [-0.15, -0.1) is 0 Å². The SMILES string of the molecule is O=CNCC1CN(c2ccc(-c3ccc(N4CCSCC4)nc3)c(F)c2)C(=O)O1. The van der Waals surface area contributed by atoms with Gasteiger partial charge < -0.3 is 15.0 Å². The number of halogens is 1. The first kappa shape index (κ1) is 19.5. The average Bonchev–Trinajstić information content (AvgIpc) is 3.13. The molecule has 29 heavy (non-hydrogen) atoms. The number of rotatable bonds is 6. The third-order valence-electron chi connectivity index (χ3n) is 4.96. The average molecular weight is 416 g/mol. The second-order valence-electron chi connectivity index (χ2n) is 6.81. The molecule has 2 aliphatic rings. The lowest BCUT2D eigenvalue weighted by atomic mass is 10.1. The van der Waals surface area contributed by atoms with E-state index < -0.39 is 18.0 Å². The van der Waals surface area contributed by atoms with Crippen LogP contribution in [-0.2, 0) is 9.53 Å². The summed E-state index contributed by atoms with van der Waals surface area (Å²) in [6, 6.07) is 8.44. The predicted octanol–water partition coefficient (Wildman–Crippen LogP) is 2.51. The van der Waals surface area contributed by atoms with E-state index in [1.165, 1.54) is 11.0 Å². The maximum absolute atomic E-state index is 14.8. The number of aromatic nitrogens is 1. The predicted molar refractivity (Wildman–Crippen MR) is 111 cm³/mol. The maximum atomic E-state index is 14.8. The summed E-state index contributed by atoms with van der Waals surface area (Å²) in [6.45, 7) is 2.41. The van der Waals surface area contributed by atoms with E-state index >= 15 is 0 Å². The number of carbonyl (C=O) groups is 2. The van der Waals surface area contributed by atoms with Crippen LogP contribution < -0.4 is 15.1 Å². The smallest absolute Gasteiger partial charge is 0.414 e. The van der Waals surface area contributed by atoms with Crippen LogP contribution in [0.15, 0.2) is 36.5 Å². The van der Waals surface area contributed by atoms with Crippen molar-refractivity contribution < 1.29 is 18.7 Å². The Kier molecular flexibility index (Phi) is 5.84. The molecule has 2 saturated heterocycles. The second kappa shape index (κ2) is 8.69. The number of nitrogens with zero attached hydrogens (tertiary/aromatic N) is 3. The van der Waals surface area contributed by atoms with Crippen LogP contribution in [0.1, 0.15) is 0 Å². The van der Waals surface area contributed by atoms with Crippen LogP contribution >= 0.6 is 11.8 Å². The van der Waals surface area contributed by atoms with Crippen molar-refractivity contribution >= 4 is 35.8 Å². The lowest BCUT2D eigenvalue weighted by Crippen LogP contribution is -2.32. The minimum absolute atomic E-state index is 0.222. The summed E-state index contributed by atoms with van der Waals surface area (Å²) in [5.41, 5.74) is 1.52. The van der Waals surface area contributed by atoms with E-state index in [0.717, 1.165) is 30.4 Å². The number of hydrogen-bond acceptors (Lipinski definition) is 6. The zero-order valence-corrected chi connectivity index (χ0v) is 16.5. The van der Waals surface area contributed by atoms with E-state index in [1.54, 1.807) is 18.3 Å². The molecule has 7 nitrogen and oxygen atoms in total. The Hall–Kier alpha value is -2.81. The highest BCUT2D eigenvalue weighted by molar-refractivity contribution is 7.99. The van der Waals surface area contributed by atoms with Gasteiger partial charge in [0.2, 0.25) is 6.41 Å². The molecule has 2 aromatic rings. The normalized spacial score (nSPS) is 19.2. The minimum atomic E-state index is -0.555. The Labute approximate surface area is 172 Å². The van der Waals surface area contributed by atoms with Gasteiger partial charge in [-0.05, 0) is 30.3 Å². The van der Waals surface area contributed by atoms with Gasteiger partial charge in [-0.25, -0.2) is 14.2 Å². The molecule has 1 N–H and O–H groups in total. The van der Waals surface area contributed by atoms with Crippen molar-refractivity contribution in [1.82, 2.24) is 10.3 Å². The van der Waals surface area contributed by atoms with E-state index in [0.29, 0.717) is 23.2 Å². The fourth-order valence-corrected chi connectivity index (χ4v) is 4.35. The summed E-state index contributed by atoms with van der Waals surface area (Å²) in [6.07, 6.45) is 1.22. The van der Waals surface area contributed by atoms with Crippen molar-refractivity contribution in [2.24, 2.45) is 0 Å². The van der Waals surface area contributed by atoms with Gasteiger partial charge >= 0.3 is 6.09 Å². The van der Waals surface area contributed by atoms with Crippen molar-refractivity contribution in [2.45, 2.75) is 6.10 Å². The summed E-state index contributed by atoms with van der Waals surface area (Å²) >= 11 is 1.94. The third kappa shape index (κ3) is 4.29. The van der Waals surface area contributed by atoms with Crippen LogP contribution in [0.2, 0.25) is 0 Å². The Morgan fingerprint density at radius 1 is 1.28 bits per heavy atom. The molecule has 1 aromatic carbocycles. The van der Waals surface area contributed by atoms with Crippen molar-refractivity contribution in [3.8, 4) is 11.1 Å². The van der Waals surface area contributed by atoms with Crippen LogP contribution in [0, 0.1) is 5.82 Å². The van der Waals surface area contributed by atoms with E-state index in [-0.39, 0.29) is 13.1 Å². The first-order valence-corrected chi connectivity index (χ1v) is 10.5. The van der Waals surface area contributed by atoms with Gasteiger partial charge in [0, 0.05) is 41.9 Å². The van der Waals surface area contributed by atoms with Crippen LogP contribution in [0.5, 0.6) is 0 Å². The van der Waals surface area contributed by atoms with Crippen LogP contribution in [0.25, 0.3) is 11.1 Å². The van der Waals surface area contributed by atoms with Crippen LogP contribution in [0.3, 0.4) is 0 Å². The molecule has 0 spiro atoms. The van der Waals surface area contributed by atoms with Crippen LogP contribution in [-0.4, -0.2) is 61.3 Å². The minimum Gasteiger partial charge on any atom is -0.442 e. The van der Waals surface area contributed by atoms with Gasteiger partial charge in [-0.1, -0.05) is 0 Å². The highest BCUT2D eigenvalue weighted by Gasteiger charge is 2.32. The number of pyridine rings is 1. The van der Waals surface area contributed by atoms with Crippen molar-refractivity contribution in [3.63, 3.8) is 0 Å². The molecule has 4 rings (SSSR count). The number of carbonyl (C=O) groups excluding carboxylic acids is 2. The lowest BCUT2D eigenvalue weighted by Gasteiger charge is -2.27. The number of benzene rings is 1. The number of cyclic esters (lactones) is 1. The van der Waals surface area contributed by atoms with E-state index in [4.69, 9.17) is 4.74 Å². The van der Waals surface area contributed by atoms with Crippen molar-refractivity contribution in [3.05, 3.63) is 42.3 Å². The van der Waals surface area contributed by atoms with E-state index in [9.17, 15) is 14.0 Å². The fraction of sp³-hybridized carbons (Fsp3) is 0.350.